The summed E-state index contributed by atoms with van der Waals surface area (Å²) in [4.78, 5) is 17.1. The lowest BCUT2D eigenvalue weighted by Gasteiger charge is -2.14. The zero-order valence-electron chi connectivity index (χ0n) is 28.4. The molecule has 0 saturated heterocycles. The van der Waals surface area contributed by atoms with E-state index >= 15 is 0 Å². The van der Waals surface area contributed by atoms with Crippen LogP contribution >= 0.6 is 11.3 Å². The lowest BCUT2D eigenvalue weighted by atomic mass is 10.1. The van der Waals surface area contributed by atoms with Gasteiger partial charge in [-0.2, -0.15) is 0 Å². The summed E-state index contributed by atoms with van der Waals surface area (Å²) in [5, 5.41) is 5.85. The number of para-hydroxylation sites is 6. The first-order chi connectivity index (χ1) is 26.3. The van der Waals surface area contributed by atoms with Crippen molar-refractivity contribution < 1.29 is 0 Å². The van der Waals surface area contributed by atoms with Crippen LogP contribution in [0.5, 0.6) is 0 Å². The van der Waals surface area contributed by atoms with Gasteiger partial charge in [-0.1, -0.05) is 115 Å². The average Bonchev–Trinajstić information content (AvgIpc) is 3.92. The molecule has 4 heterocycles. The van der Waals surface area contributed by atoms with E-state index in [9.17, 15) is 0 Å². The van der Waals surface area contributed by atoms with Gasteiger partial charge in [0.15, 0.2) is 17.5 Å². The fourth-order valence-corrected chi connectivity index (χ4v) is 8.90. The highest BCUT2D eigenvalue weighted by Crippen LogP contribution is 2.41. The Morgan fingerprint density at radius 1 is 0.377 bits per heavy atom. The molecule has 0 aliphatic carbocycles. The first kappa shape index (κ1) is 29.8. The van der Waals surface area contributed by atoms with Crippen molar-refractivity contribution >= 4 is 65.0 Å². The number of benzene rings is 7. The van der Waals surface area contributed by atoms with E-state index < -0.39 is 0 Å². The summed E-state index contributed by atoms with van der Waals surface area (Å²) < 4.78 is 5.89. The molecule has 0 fully saturated rings. The molecule has 5 nitrogen and oxygen atoms in total. The summed E-state index contributed by atoms with van der Waals surface area (Å²) in [6.07, 6.45) is 0. The van der Waals surface area contributed by atoms with Crippen molar-refractivity contribution in [3.05, 3.63) is 176 Å². The van der Waals surface area contributed by atoms with Crippen LogP contribution < -0.4 is 0 Å². The van der Waals surface area contributed by atoms with Gasteiger partial charge in [-0.15, -0.1) is 11.3 Å². The molecule has 0 amide bonds. The molecular weight excluding hydrogens is 667 g/mol. The van der Waals surface area contributed by atoms with Crippen molar-refractivity contribution in [1.29, 1.82) is 0 Å². The van der Waals surface area contributed by atoms with Crippen molar-refractivity contribution in [1.82, 2.24) is 24.1 Å². The Bertz CT molecular complexity index is 2970. The van der Waals surface area contributed by atoms with Crippen LogP contribution in [0.15, 0.2) is 176 Å². The van der Waals surface area contributed by atoms with E-state index in [0.717, 1.165) is 60.2 Å². The van der Waals surface area contributed by atoms with Crippen molar-refractivity contribution in [2.24, 2.45) is 0 Å². The number of hydrogen-bond donors (Lipinski definition) is 0. The molecule has 4 aromatic heterocycles. The van der Waals surface area contributed by atoms with Crippen LogP contribution in [0.3, 0.4) is 0 Å². The number of thiophene rings is 1. The molecule has 0 radical (unpaired) electrons. The second-order valence-corrected chi connectivity index (χ2v) is 14.3. The Morgan fingerprint density at radius 2 is 0.830 bits per heavy atom. The van der Waals surface area contributed by atoms with Crippen molar-refractivity contribution in [3.8, 4) is 44.9 Å². The smallest absolute Gasteiger partial charge is 0.174 e. The van der Waals surface area contributed by atoms with E-state index in [0.29, 0.717) is 17.5 Å². The van der Waals surface area contributed by atoms with Gasteiger partial charge in [0.05, 0.1) is 26.9 Å². The minimum absolute atomic E-state index is 0.632. The van der Waals surface area contributed by atoms with Crippen LogP contribution in [0.1, 0.15) is 0 Å². The first-order valence-corrected chi connectivity index (χ1v) is 18.5. The van der Waals surface area contributed by atoms with Crippen LogP contribution in [0.25, 0.3) is 98.5 Å². The molecule has 11 aromatic rings. The second kappa shape index (κ2) is 11.8. The molecule has 0 atom stereocenters. The molecule has 0 bridgehead atoms. The molecule has 11 rings (SSSR count). The summed E-state index contributed by atoms with van der Waals surface area (Å²) in [7, 11) is 0. The second-order valence-electron chi connectivity index (χ2n) is 13.2. The van der Waals surface area contributed by atoms with Gasteiger partial charge < -0.3 is 9.13 Å². The number of hydrogen-bond acceptors (Lipinski definition) is 4. The minimum atomic E-state index is 0.632. The molecule has 0 unspecified atom stereocenters. The lowest BCUT2D eigenvalue weighted by Crippen LogP contribution is -2.03. The van der Waals surface area contributed by atoms with Crippen LogP contribution in [-0.4, -0.2) is 24.1 Å². The zero-order valence-corrected chi connectivity index (χ0v) is 29.2. The molecule has 248 valence electrons. The molecule has 0 aliphatic heterocycles. The van der Waals surface area contributed by atoms with E-state index in [1.54, 1.807) is 11.3 Å². The molecular formula is C47H29N5S. The predicted octanol–water partition coefficient (Wildman–Crippen LogP) is 12.3. The Kier molecular flexibility index (Phi) is 6.66. The molecule has 0 aliphatic rings. The third-order valence-corrected chi connectivity index (χ3v) is 11.3. The Hall–Kier alpha value is -6.89. The SMILES string of the molecule is c1ccc(-n2c3ccccc3c3cccc(-c4nc(-c5cc6ccccc6s5)nc(-c5cccc6c7ccccc7n(-c7ccccc7)c56)n4)c32)cc1. The van der Waals surface area contributed by atoms with Crippen molar-refractivity contribution in [2.75, 3.05) is 0 Å². The topological polar surface area (TPSA) is 48.5 Å². The fraction of sp³-hybridized carbons (Fsp3) is 0. The number of fused-ring (bicyclic) bond motifs is 7. The van der Waals surface area contributed by atoms with E-state index in [4.69, 9.17) is 15.0 Å². The average molecular weight is 696 g/mol. The van der Waals surface area contributed by atoms with Crippen LogP contribution in [0, 0.1) is 0 Å². The number of nitrogens with zero attached hydrogens (tertiary/aromatic N) is 5. The minimum Gasteiger partial charge on any atom is -0.309 e. The summed E-state index contributed by atoms with van der Waals surface area (Å²) >= 11 is 1.71. The van der Waals surface area contributed by atoms with E-state index in [2.05, 4.69) is 185 Å². The zero-order chi connectivity index (χ0) is 34.9. The number of aromatic nitrogens is 5. The van der Waals surface area contributed by atoms with Gasteiger partial charge in [-0.25, -0.2) is 15.0 Å². The monoisotopic (exact) mass is 695 g/mol. The van der Waals surface area contributed by atoms with Gasteiger partial charge in [0.25, 0.3) is 0 Å². The summed E-state index contributed by atoms with van der Waals surface area (Å²) in [5.41, 5.74) is 8.47. The van der Waals surface area contributed by atoms with Crippen LogP contribution in [0.2, 0.25) is 0 Å². The van der Waals surface area contributed by atoms with E-state index in [1.165, 1.54) is 20.9 Å². The highest BCUT2D eigenvalue weighted by atomic mass is 32.1. The van der Waals surface area contributed by atoms with Gasteiger partial charge in [0.2, 0.25) is 0 Å². The molecule has 0 spiro atoms. The normalized spacial score (nSPS) is 11.8. The Balaban J connectivity index is 1.25. The summed E-state index contributed by atoms with van der Waals surface area (Å²) in [6.45, 7) is 0. The third kappa shape index (κ3) is 4.66. The molecule has 0 N–H and O–H groups in total. The highest BCUT2D eigenvalue weighted by molar-refractivity contribution is 7.22. The van der Waals surface area contributed by atoms with Crippen LogP contribution in [0.4, 0.5) is 0 Å². The molecule has 53 heavy (non-hydrogen) atoms. The standard InChI is InChI=1S/C47H29N5S/c1-3-16-31(17-4-1)51-39-26-10-8-20-33(39)35-22-13-24-37(43(35)51)45-48-46(50-47(49-45)42-29-30-15-7-12-28-41(30)53-42)38-25-14-23-36-34-21-9-11-27-40(34)52(44(36)38)32-18-5-2-6-19-32/h1-29H. The van der Waals surface area contributed by atoms with Gasteiger partial charge in [-0.3, -0.25) is 0 Å². The van der Waals surface area contributed by atoms with Gasteiger partial charge in [0.1, 0.15) is 0 Å². The van der Waals surface area contributed by atoms with Gasteiger partial charge in [0, 0.05) is 48.7 Å². The molecule has 6 heteroatoms. The first-order valence-electron chi connectivity index (χ1n) is 17.7. The lowest BCUT2D eigenvalue weighted by molar-refractivity contribution is 1.07. The highest BCUT2D eigenvalue weighted by Gasteiger charge is 2.23. The maximum absolute atomic E-state index is 5.42. The Labute approximate surface area is 308 Å². The predicted molar refractivity (Wildman–Crippen MR) is 220 cm³/mol. The maximum atomic E-state index is 5.42. The van der Waals surface area contributed by atoms with E-state index in [1.807, 2.05) is 0 Å². The van der Waals surface area contributed by atoms with Gasteiger partial charge >= 0.3 is 0 Å². The fourth-order valence-electron chi connectivity index (χ4n) is 7.91. The molecule has 0 saturated carbocycles. The third-order valence-electron chi connectivity index (χ3n) is 10.2. The molecule has 7 aromatic carbocycles. The van der Waals surface area contributed by atoms with Crippen LogP contribution in [-0.2, 0) is 0 Å². The van der Waals surface area contributed by atoms with Gasteiger partial charge in [-0.05, 0) is 66.0 Å². The quantitative estimate of drug-likeness (QED) is 0.180. The largest absolute Gasteiger partial charge is 0.309 e. The van der Waals surface area contributed by atoms with E-state index in [-0.39, 0.29) is 0 Å². The van der Waals surface area contributed by atoms with Crippen molar-refractivity contribution in [2.45, 2.75) is 0 Å². The number of rotatable bonds is 5. The summed E-state index contributed by atoms with van der Waals surface area (Å²) in [5.74, 6) is 1.92. The maximum Gasteiger partial charge on any atom is 0.174 e. The van der Waals surface area contributed by atoms with Crippen molar-refractivity contribution in [3.63, 3.8) is 0 Å². The Morgan fingerprint density at radius 3 is 1.38 bits per heavy atom. The summed E-state index contributed by atoms with van der Waals surface area (Å²) in [6, 6.07) is 61.9.